The SMILES string of the molecule is COc1ccc([C@H](C)NC(=O)c2ccc(-c3nc4cccnc4n(C(C)C)c3=O)cc2)cc1. The zero-order valence-electron chi connectivity index (χ0n) is 19.1. The lowest BCUT2D eigenvalue weighted by molar-refractivity contribution is 0.0940. The smallest absolute Gasteiger partial charge is 0.278 e. The minimum absolute atomic E-state index is 0.0684. The predicted octanol–water partition coefficient (Wildman–Crippen LogP) is 4.54. The maximum absolute atomic E-state index is 13.2. The lowest BCUT2D eigenvalue weighted by atomic mass is 10.1. The number of hydrogen-bond donors (Lipinski definition) is 1. The second kappa shape index (κ2) is 9.24. The summed E-state index contributed by atoms with van der Waals surface area (Å²) in [7, 11) is 1.62. The standard InChI is InChI=1S/C26H26N4O3/c1-16(2)30-24-22(6-5-15-27-24)29-23(26(30)32)19-7-9-20(10-8-19)25(31)28-17(3)18-11-13-21(33-4)14-12-18/h5-17H,1-4H3,(H,28,31)/t17-/m0/s1. The third-order valence-electron chi connectivity index (χ3n) is 5.55. The molecule has 1 N–H and O–H groups in total. The van der Waals surface area contributed by atoms with Crippen molar-refractivity contribution >= 4 is 17.1 Å². The Labute approximate surface area is 192 Å². The molecule has 2 heterocycles. The van der Waals surface area contributed by atoms with Gasteiger partial charge in [-0.3, -0.25) is 14.2 Å². The highest BCUT2D eigenvalue weighted by Crippen LogP contribution is 2.21. The van der Waals surface area contributed by atoms with Crippen molar-refractivity contribution in [3.63, 3.8) is 0 Å². The van der Waals surface area contributed by atoms with Gasteiger partial charge < -0.3 is 10.1 Å². The number of aromatic nitrogens is 3. The van der Waals surface area contributed by atoms with E-state index >= 15 is 0 Å². The minimum Gasteiger partial charge on any atom is -0.497 e. The zero-order chi connectivity index (χ0) is 23.5. The molecule has 0 spiro atoms. The molecule has 0 aliphatic carbocycles. The van der Waals surface area contributed by atoms with Gasteiger partial charge in [0, 0.05) is 23.4 Å². The summed E-state index contributed by atoms with van der Waals surface area (Å²) < 4.78 is 6.83. The number of amides is 1. The van der Waals surface area contributed by atoms with Crippen LogP contribution < -0.4 is 15.6 Å². The van der Waals surface area contributed by atoms with Crippen LogP contribution >= 0.6 is 0 Å². The average Bonchev–Trinajstić information content (AvgIpc) is 2.83. The van der Waals surface area contributed by atoms with Crippen molar-refractivity contribution in [2.75, 3.05) is 7.11 Å². The van der Waals surface area contributed by atoms with E-state index in [4.69, 9.17) is 4.74 Å². The molecule has 0 saturated carbocycles. The number of carbonyl (C=O) groups is 1. The van der Waals surface area contributed by atoms with E-state index in [2.05, 4.69) is 15.3 Å². The van der Waals surface area contributed by atoms with E-state index in [0.717, 1.165) is 11.3 Å². The van der Waals surface area contributed by atoms with Gasteiger partial charge in [-0.2, -0.15) is 0 Å². The molecule has 0 fully saturated rings. The number of fused-ring (bicyclic) bond motifs is 1. The van der Waals surface area contributed by atoms with Crippen molar-refractivity contribution in [2.45, 2.75) is 32.9 Å². The number of carbonyl (C=O) groups excluding carboxylic acids is 1. The second-order valence-electron chi connectivity index (χ2n) is 8.12. The summed E-state index contributed by atoms with van der Waals surface area (Å²) in [6, 6.07) is 17.9. The van der Waals surface area contributed by atoms with E-state index in [1.807, 2.05) is 51.1 Å². The summed E-state index contributed by atoms with van der Waals surface area (Å²) in [5.74, 6) is 0.572. The normalized spacial score (nSPS) is 12.0. The zero-order valence-corrected chi connectivity index (χ0v) is 19.1. The Morgan fingerprint density at radius 1 is 1.00 bits per heavy atom. The van der Waals surface area contributed by atoms with Crippen LogP contribution in [-0.4, -0.2) is 27.6 Å². The molecule has 7 nitrogen and oxygen atoms in total. The first-order chi connectivity index (χ1) is 15.9. The largest absolute Gasteiger partial charge is 0.497 e. The van der Waals surface area contributed by atoms with Gasteiger partial charge in [0.2, 0.25) is 0 Å². The van der Waals surface area contributed by atoms with Gasteiger partial charge in [-0.1, -0.05) is 24.3 Å². The molecule has 4 rings (SSSR count). The molecule has 4 aromatic rings. The minimum atomic E-state index is -0.207. The van der Waals surface area contributed by atoms with E-state index < -0.39 is 0 Å². The fraction of sp³-hybridized carbons (Fsp3) is 0.231. The average molecular weight is 443 g/mol. The second-order valence-corrected chi connectivity index (χ2v) is 8.12. The van der Waals surface area contributed by atoms with Crippen molar-refractivity contribution in [2.24, 2.45) is 0 Å². The molecular weight excluding hydrogens is 416 g/mol. The van der Waals surface area contributed by atoms with Gasteiger partial charge in [0.15, 0.2) is 5.65 Å². The molecule has 2 aromatic heterocycles. The maximum Gasteiger partial charge on any atom is 0.278 e. The molecule has 1 amide bonds. The number of rotatable bonds is 6. The van der Waals surface area contributed by atoms with Gasteiger partial charge in [0.05, 0.1) is 13.2 Å². The summed E-state index contributed by atoms with van der Waals surface area (Å²) in [5, 5.41) is 3.00. The lowest BCUT2D eigenvalue weighted by Crippen LogP contribution is -2.27. The highest BCUT2D eigenvalue weighted by atomic mass is 16.5. The van der Waals surface area contributed by atoms with Crippen LogP contribution in [0.25, 0.3) is 22.4 Å². The molecule has 0 bridgehead atoms. The van der Waals surface area contributed by atoms with Gasteiger partial charge >= 0.3 is 0 Å². The number of benzene rings is 2. The van der Waals surface area contributed by atoms with E-state index in [1.54, 1.807) is 48.2 Å². The van der Waals surface area contributed by atoms with Crippen molar-refractivity contribution in [3.05, 3.63) is 88.3 Å². The van der Waals surface area contributed by atoms with Crippen LogP contribution in [0.3, 0.4) is 0 Å². The molecule has 1 atom stereocenters. The molecule has 168 valence electrons. The number of nitrogens with one attached hydrogen (secondary N) is 1. The van der Waals surface area contributed by atoms with Crippen molar-refractivity contribution in [3.8, 4) is 17.0 Å². The number of nitrogens with zero attached hydrogens (tertiary/aromatic N) is 3. The maximum atomic E-state index is 13.2. The topological polar surface area (TPSA) is 86.1 Å². The van der Waals surface area contributed by atoms with Crippen LogP contribution in [-0.2, 0) is 0 Å². The molecule has 0 aliphatic rings. The van der Waals surface area contributed by atoms with Crippen LogP contribution in [0.5, 0.6) is 5.75 Å². The molecule has 33 heavy (non-hydrogen) atoms. The van der Waals surface area contributed by atoms with Crippen LogP contribution in [0.2, 0.25) is 0 Å². The first kappa shape index (κ1) is 22.2. The molecular formula is C26H26N4O3. The summed E-state index contributed by atoms with van der Waals surface area (Å²) >= 11 is 0. The van der Waals surface area contributed by atoms with Crippen LogP contribution in [0.15, 0.2) is 71.7 Å². The number of methoxy groups -OCH3 is 1. The Bertz CT molecular complexity index is 1340. The first-order valence-electron chi connectivity index (χ1n) is 10.8. The highest BCUT2D eigenvalue weighted by molar-refractivity contribution is 5.95. The van der Waals surface area contributed by atoms with Gasteiger partial charge in [0.25, 0.3) is 11.5 Å². The number of hydrogen-bond acceptors (Lipinski definition) is 5. The Balaban J connectivity index is 1.59. The summed E-state index contributed by atoms with van der Waals surface area (Å²) in [4.78, 5) is 34.8. The summed E-state index contributed by atoms with van der Waals surface area (Å²) in [5.41, 5.74) is 3.47. The molecule has 0 saturated heterocycles. The third-order valence-corrected chi connectivity index (χ3v) is 5.55. The summed E-state index contributed by atoms with van der Waals surface area (Å²) in [6.07, 6.45) is 1.66. The quantitative estimate of drug-likeness (QED) is 0.474. The fourth-order valence-electron chi connectivity index (χ4n) is 3.74. The van der Waals surface area contributed by atoms with E-state index in [0.29, 0.717) is 28.0 Å². The van der Waals surface area contributed by atoms with Gasteiger partial charge in [-0.05, 0) is 62.7 Å². The Morgan fingerprint density at radius 3 is 2.33 bits per heavy atom. The van der Waals surface area contributed by atoms with Crippen LogP contribution in [0.1, 0.15) is 48.8 Å². The molecule has 0 aliphatic heterocycles. The highest BCUT2D eigenvalue weighted by Gasteiger charge is 2.17. The molecule has 0 unspecified atom stereocenters. The number of pyridine rings is 1. The van der Waals surface area contributed by atoms with Crippen LogP contribution in [0.4, 0.5) is 0 Å². The van der Waals surface area contributed by atoms with Gasteiger partial charge in [-0.25, -0.2) is 9.97 Å². The van der Waals surface area contributed by atoms with E-state index in [1.165, 1.54) is 0 Å². The van der Waals surface area contributed by atoms with Crippen molar-refractivity contribution < 1.29 is 9.53 Å². The fourth-order valence-corrected chi connectivity index (χ4v) is 3.74. The van der Waals surface area contributed by atoms with Crippen LogP contribution in [0, 0.1) is 0 Å². The third kappa shape index (κ3) is 4.48. The van der Waals surface area contributed by atoms with Gasteiger partial charge in [-0.15, -0.1) is 0 Å². The Hall–Kier alpha value is -4.00. The van der Waals surface area contributed by atoms with Crippen molar-refractivity contribution in [1.82, 2.24) is 19.9 Å². The lowest BCUT2D eigenvalue weighted by Gasteiger charge is -2.16. The monoisotopic (exact) mass is 442 g/mol. The Morgan fingerprint density at radius 2 is 1.70 bits per heavy atom. The summed E-state index contributed by atoms with van der Waals surface area (Å²) in [6.45, 7) is 5.81. The van der Waals surface area contributed by atoms with Gasteiger partial charge in [0.1, 0.15) is 17.0 Å². The molecule has 0 radical (unpaired) electrons. The number of ether oxygens (including phenoxy) is 1. The predicted molar refractivity (Wildman–Crippen MR) is 128 cm³/mol. The molecule has 7 heteroatoms. The molecule has 2 aromatic carbocycles. The van der Waals surface area contributed by atoms with E-state index in [-0.39, 0.29) is 23.6 Å². The van der Waals surface area contributed by atoms with Crippen molar-refractivity contribution in [1.29, 1.82) is 0 Å². The Kier molecular flexibility index (Phi) is 6.22. The van der Waals surface area contributed by atoms with E-state index in [9.17, 15) is 9.59 Å². The first-order valence-corrected chi connectivity index (χ1v) is 10.8.